The van der Waals surface area contributed by atoms with Crippen LogP contribution in [0.5, 0.6) is 0 Å². The van der Waals surface area contributed by atoms with Crippen LogP contribution in [0.15, 0.2) is 84.9 Å². The second-order valence-corrected chi connectivity index (χ2v) is 10.3. The molecule has 4 aromatic rings. The van der Waals surface area contributed by atoms with E-state index in [4.69, 9.17) is 0 Å². The molecule has 1 heterocycles. The van der Waals surface area contributed by atoms with E-state index >= 15 is 0 Å². The molecule has 0 bridgehead atoms. The van der Waals surface area contributed by atoms with Crippen molar-refractivity contribution in [1.29, 1.82) is 0 Å². The maximum absolute atomic E-state index is 13.6. The number of hydrogen-bond acceptors (Lipinski definition) is 3. The van der Waals surface area contributed by atoms with Gasteiger partial charge in [-0.1, -0.05) is 74.0 Å². The van der Waals surface area contributed by atoms with Crippen molar-refractivity contribution < 1.29 is 9.59 Å². The number of benzene rings is 3. The smallest absolute Gasteiger partial charge is 0.254 e. The third kappa shape index (κ3) is 6.58. The van der Waals surface area contributed by atoms with Crippen molar-refractivity contribution in [3.05, 3.63) is 106 Å². The van der Waals surface area contributed by atoms with Crippen molar-refractivity contribution >= 4 is 33.9 Å². The Morgan fingerprint density at radius 2 is 1.54 bits per heavy atom. The lowest BCUT2D eigenvalue weighted by Gasteiger charge is -2.28. The van der Waals surface area contributed by atoms with E-state index in [1.165, 1.54) is 4.88 Å². The monoisotopic (exact) mass is 484 g/mol. The Morgan fingerprint density at radius 1 is 0.800 bits per heavy atom. The number of hydrogen-bond donors (Lipinski definition) is 0. The van der Waals surface area contributed by atoms with Gasteiger partial charge in [-0.05, 0) is 53.9 Å². The summed E-state index contributed by atoms with van der Waals surface area (Å²) >= 11 is 1.71. The predicted molar refractivity (Wildman–Crippen MR) is 145 cm³/mol. The van der Waals surface area contributed by atoms with Crippen LogP contribution >= 0.6 is 11.3 Å². The summed E-state index contributed by atoms with van der Waals surface area (Å²) in [6.07, 6.45) is 1.81. The van der Waals surface area contributed by atoms with Crippen LogP contribution < -0.4 is 0 Å². The minimum atomic E-state index is -0.0933. The molecule has 0 fully saturated rings. The lowest BCUT2D eigenvalue weighted by Crippen LogP contribution is -2.42. The highest BCUT2D eigenvalue weighted by atomic mass is 32.1. The molecule has 0 atom stereocenters. The normalized spacial score (nSPS) is 10.9. The number of carbonyl (C=O) groups is 2. The van der Waals surface area contributed by atoms with Crippen LogP contribution in [0, 0.1) is 6.92 Å². The number of unbranched alkanes of at least 4 members (excludes halogenated alkanes) is 1. The third-order valence-corrected chi connectivity index (χ3v) is 7.09. The quantitative estimate of drug-likeness (QED) is 0.252. The van der Waals surface area contributed by atoms with Gasteiger partial charge in [0.2, 0.25) is 5.91 Å². The number of aryl methyl sites for hydroxylation is 1. The average molecular weight is 485 g/mol. The summed E-state index contributed by atoms with van der Waals surface area (Å²) in [7, 11) is 0. The lowest BCUT2D eigenvalue weighted by atomic mass is 10.1. The van der Waals surface area contributed by atoms with Crippen LogP contribution in [-0.2, 0) is 17.9 Å². The van der Waals surface area contributed by atoms with Gasteiger partial charge in [-0.2, -0.15) is 0 Å². The molecule has 4 nitrogen and oxygen atoms in total. The van der Waals surface area contributed by atoms with E-state index in [9.17, 15) is 9.59 Å². The zero-order valence-electron chi connectivity index (χ0n) is 20.4. The molecule has 0 radical (unpaired) electrons. The summed E-state index contributed by atoms with van der Waals surface area (Å²) in [5.41, 5.74) is 1.70. The molecule has 35 heavy (non-hydrogen) atoms. The Morgan fingerprint density at radius 3 is 2.26 bits per heavy atom. The van der Waals surface area contributed by atoms with Crippen LogP contribution in [-0.4, -0.2) is 34.7 Å². The molecule has 0 saturated carbocycles. The summed E-state index contributed by atoms with van der Waals surface area (Å²) < 4.78 is 0. The number of amides is 2. The molecular weight excluding hydrogens is 452 g/mol. The number of nitrogens with zero attached hydrogens (tertiary/aromatic N) is 2. The molecular formula is C30H32N2O2S. The van der Waals surface area contributed by atoms with Crippen LogP contribution in [0.4, 0.5) is 0 Å². The predicted octanol–water partition coefficient (Wildman–Crippen LogP) is 6.68. The van der Waals surface area contributed by atoms with E-state index in [-0.39, 0.29) is 18.4 Å². The van der Waals surface area contributed by atoms with Gasteiger partial charge in [0, 0.05) is 28.4 Å². The van der Waals surface area contributed by atoms with E-state index in [2.05, 4.69) is 26.0 Å². The Kier molecular flexibility index (Phi) is 8.32. The highest BCUT2D eigenvalue weighted by molar-refractivity contribution is 7.11. The van der Waals surface area contributed by atoms with E-state index < -0.39 is 0 Å². The molecule has 0 unspecified atom stereocenters. The largest absolute Gasteiger partial charge is 0.332 e. The van der Waals surface area contributed by atoms with Crippen molar-refractivity contribution in [1.82, 2.24) is 9.80 Å². The molecule has 0 spiro atoms. The van der Waals surface area contributed by atoms with Crippen LogP contribution in [0.25, 0.3) is 10.8 Å². The highest BCUT2D eigenvalue weighted by Gasteiger charge is 2.23. The molecule has 180 valence electrons. The summed E-state index contributed by atoms with van der Waals surface area (Å²) in [6, 6.07) is 28.0. The second-order valence-electron chi connectivity index (χ2n) is 8.89. The Balaban J connectivity index is 1.56. The molecule has 5 heteroatoms. The lowest BCUT2D eigenvalue weighted by molar-refractivity contribution is -0.133. The molecule has 0 N–H and O–H groups in total. The Labute approximate surface area is 211 Å². The van der Waals surface area contributed by atoms with Gasteiger partial charge in [0.25, 0.3) is 5.91 Å². The van der Waals surface area contributed by atoms with Crippen molar-refractivity contribution in [2.45, 2.75) is 39.8 Å². The summed E-state index contributed by atoms with van der Waals surface area (Å²) in [4.78, 5) is 33.1. The maximum atomic E-state index is 13.6. The number of fused-ring (bicyclic) bond motifs is 1. The molecule has 4 rings (SSSR count). The van der Waals surface area contributed by atoms with Gasteiger partial charge in [0.1, 0.15) is 6.54 Å². The molecule has 0 aliphatic rings. The number of thiophene rings is 1. The molecule has 1 aromatic heterocycles. The summed E-state index contributed by atoms with van der Waals surface area (Å²) in [5, 5.41) is 2.12. The Bertz CT molecular complexity index is 1280. The van der Waals surface area contributed by atoms with E-state index in [0.717, 1.165) is 34.1 Å². The van der Waals surface area contributed by atoms with Crippen molar-refractivity contribution in [3.8, 4) is 0 Å². The third-order valence-electron chi connectivity index (χ3n) is 6.10. The van der Waals surface area contributed by atoms with E-state index in [1.54, 1.807) is 16.2 Å². The van der Waals surface area contributed by atoms with E-state index in [0.29, 0.717) is 25.2 Å². The maximum Gasteiger partial charge on any atom is 0.254 e. The minimum absolute atomic E-state index is 0.0369. The highest BCUT2D eigenvalue weighted by Crippen LogP contribution is 2.20. The van der Waals surface area contributed by atoms with Gasteiger partial charge in [-0.25, -0.2) is 0 Å². The first kappa shape index (κ1) is 24.7. The first-order valence-electron chi connectivity index (χ1n) is 12.2. The zero-order chi connectivity index (χ0) is 24.6. The molecule has 0 saturated heterocycles. The molecule has 2 amide bonds. The Hall–Kier alpha value is -3.44. The number of carbonyl (C=O) groups excluding carboxylic acids is 2. The standard InChI is InChI=1S/C30H32N2O2S/c1-3-4-18-31(30(34)27-16-15-25-12-8-9-13-26(25)19-27)22-29(33)32(20-24-10-6-5-7-11-24)21-28-17-14-23(2)35-28/h5-17,19H,3-4,18,20-22H2,1-2H3. The fraction of sp³-hybridized carbons (Fsp3) is 0.267. The van der Waals surface area contributed by atoms with Gasteiger partial charge in [-0.3, -0.25) is 9.59 Å². The minimum Gasteiger partial charge on any atom is -0.332 e. The molecule has 3 aromatic carbocycles. The van der Waals surface area contributed by atoms with Crippen molar-refractivity contribution in [3.63, 3.8) is 0 Å². The second kappa shape index (κ2) is 11.8. The fourth-order valence-electron chi connectivity index (χ4n) is 4.16. The number of rotatable bonds is 10. The van der Waals surface area contributed by atoms with Crippen molar-refractivity contribution in [2.24, 2.45) is 0 Å². The van der Waals surface area contributed by atoms with Gasteiger partial charge in [-0.15, -0.1) is 11.3 Å². The molecule has 0 aliphatic carbocycles. The van der Waals surface area contributed by atoms with Gasteiger partial charge in [0.05, 0.1) is 6.54 Å². The van der Waals surface area contributed by atoms with E-state index in [1.807, 2.05) is 77.7 Å². The first-order valence-corrected chi connectivity index (χ1v) is 13.0. The van der Waals surface area contributed by atoms with Gasteiger partial charge in [0.15, 0.2) is 0 Å². The van der Waals surface area contributed by atoms with Crippen LogP contribution in [0.3, 0.4) is 0 Å². The first-order chi connectivity index (χ1) is 17.0. The topological polar surface area (TPSA) is 40.6 Å². The van der Waals surface area contributed by atoms with Crippen LogP contribution in [0.1, 0.15) is 45.4 Å². The molecule has 0 aliphatic heterocycles. The average Bonchev–Trinajstić information content (AvgIpc) is 3.30. The summed E-state index contributed by atoms with van der Waals surface area (Å²) in [6.45, 7) is 5.86. The van der Waals surface area contributed by atoms with Gasteiger partial charge >= 0.3 is 0 Å². The summed E-state index contributed by atoms with van der Waals surface area (Å²) in [5.74, 6) is -0.130. The van der Waals surface area contributed by atoms with Crippen LogP contribution in [0.2, 0.25) is 0 Å². The SMILES string of the molecule is CCCCN(CC(=O)N(Cc1ccccc1)Cc1ccc(C)s1)C(=O)c1ccc2ccccc2c1. The fourth-order valence-corrected chi connectivity index (χ4v) is 5.07. The zero-order valence-corrected chi connectivity index (χ0v) is 21.3. The van der Waals surface area contributed by atoms with Gasteiger partial charge < -0.3 is 9.80 Å². The van der Waals surface area contributed by atoms with Crippen molar-refractivity contribution in [2.75, 3.05) is 13.1 Å².